The summed E-state index contributed by atoms with van der Waals surface area (Å²) >= 11 is 9.78. The summed E-state index contributed by atoms with van der Waals surface area (Å²) in [5, 5.41) is 0. The fourth-order valence-corrected chi connectivity index (χ4v) is 6.76. The lowest BCUT2D eigenvalue weighted by Crippen LogP contribution is -2.39. The number of hydrogen-bond acceptors (Lipinski definition) is 18. The first kappa shape index (κ1) is 71.7. The third kappa shape index (κ3) is 41.4. The number of ether oxygens (including phenoxy) is 9. The number of esters is 9. The standard InChI is InChI=1S/C54H89Br3O18/c1-8-54(39-73-45(61)30-18-9-21-33-67-42(58)27-15-12-24-36-70-48(64)51(2,3)55,40-74-46(62)31-19-10-22-34-68-43(59)28-16-13-25-37-71-49(65)52(4,5)56)41-75-47(63)32-20-11-23-35-69-44(60)29-17-14-26-38-72-50(66)53(6,7)57/h8-41H2,1-7H3. The van der Waals surface area contributed by atoms with Gasteiger partial charge in [-0.3, -0.25) is 43.2 Å². The molecular formula is C54H89Br3O18. The molecule has 0 spiro atoms. The molecule has 0 unspecified atom stereocenters. The Labute approximate surface area is 471 Å². The molecule has 0 aromatic heterocycles. The van der Waals surface area contributed by atoms with Crippen LogP contribution >= 0.6 is 47.8 Å². The van der Waals surface area contributed by atoms with E-state index in [9.17, 15) is 43.2 Å². The summed E-state index contributed by atoms with van der Waals surface area (Å²) in [5.41, 5.74) is -1.00. The predicted molar refractivity (Wildman–Crippen MR) is 291 cm³/mol. The molecule has 0 aliphatic carbocycles. The molecule has 0 bridgehead atoms. The van der Waals surface area contributed by atoms with Crippen molar-refractivity contribution in [2.75, 3.05) is 59.5 Å². The Morgan fingerprint density at radius 3 is 0.653 bits per heavy atom. The Morgan fingerprint density at radius 2 is 0.467 bits per heavy atom. The molecule has 0 saturated heterocycles. The molecule has 0 amide bonds. The van der Waals surface area contributed by atoms with Crippen molar-refractivity contribution in [3.63, 3.8) is 0 Å². The molecule has 434 valence electrons. The first-order valence-corrected chi connectivity index (χ1v) is 29.2. The van der Waals surface area contributed by atoms with E-state index in [1.807, 2.05) is 6.92 Å². The van der Waals surface area contributed by atoms with E-state index in [2.05, 4.69) is 47.8 Å². The molecule has 0 saturated carbocycles. The molecule has 0 aliphatic heterocycles. The third-order valence-electron chi connectivity index (χ3n) is 11.5. The zero-order valence-electron chi connectivity index (χ0n) is 46.0. The van der Waals surface area contributed by atoms with Gasteiger partial charge in [0, 0.05) is 38.5 Å². The van der Waals surface area contributed by atoms with Crippen molar-refractivity contribution in [1.82, 2.24) is 0 Å². The van der Waals surface area contributed by atoms with Crippen molar-refractivity contribution in [3.05, 3.63) is 0 Å². The zero-order valence-corrected chi connectivity index (χ0v) is 50.8. The molecule has 0 N–H and O–H groups in total. The van der Waals surface area contributed by atoms with Gasteiger partial charge < -0.3 is 42.6 Å². The molecule has 0 atom stereocenters. The normalized spacial score (nSPS) is 11.8. The van der Waals surface area contributed by atoms with Crippen molar-refractivity contribution in [3.8, 4) is 0 Å². The highest BCUT2D eigenvalue weighted by Gasteiger charge is 2.34. The second-order valence-corrected chi connectivity index (χ2v) is 26.1. The Hall–Kier alpha value is -3.33. The molecule has 0 aromatic carbocycles. The van der Waals surface area contributed by atoms with E-state index in [0.29, 0.717) is 122 Å². The van der Waals surface area contributed by atoms with Gasteiger partial charge in [-0.1, -0.05) is 54.7 Å². The van der Waals surface area contributed by atoms with Crippen molar-refractivity contribution in [2.45, 2.75) is 222 Å². The van der Waals surface area contributed by atoms with Gasteiger partial charge in [-0.25, -0.2) is 0 Å². The van der Waals surface area contributed by atoms with E-state index in [1.54, 1.807) is 41.5 Å². The fraction of sp³-hybridized carbons (Fsp3) is 0.833. The highest BCUT2D eigenvalue weighted by atomic mass is 79.9. The molecule has 21 heteroatoms. The second kappa shape index (κ2) is 41.7. The van der Waals surface area contributed by atoms with E-state index in [1.165, 1.54) is 0 Å². The Kier molecular flexibility index (Phi) is 39.9. The SMILES string of the molecule is CCC(COC(=O)CCCCCOC(=O)CCCCCOC(=O)C(C)(C)Br)(COC(=O)CCCCCOC(=O)CCCCCOC(=O)C(C)(C)Br)COC(=O)CCCCCOC(=O)CCCCCOC(=O)C(C)(C)Br. The average molecular weight is 1270 g/mol. The van der Waals surface area contributed by atoms with Crippen LogP contribution in [0.2, 0.25) is 0 Å². The van der Waals surface area contributed by atoms with Crippen molar-refractivity contribution in [1.29, 1.82) is 0 Å². The first-order chi connectivity index (χ1) is 35.3. The number of rotatable bonds is 46. The lowest BCUT2D eigenvalue weighted by Gasteiger charge is -2.31. The van der Waals surface area contributed by atoms with Crippen LogP contribution in [0.3, 0.4) is 0 Å². The maximum absolute atomic E-state index is 12.9. The number of hydrogen-bond donors (Lipinski definition) is 0. The van der Waals surface area contributed by atoms with Gasteiger partial charge in [0.15, 0.2) is 0 Å². The van der Waals surface area contributed by atoms with Gasteiger partial charge in [-0.2, -0.15) is 0 Å². The number of unbranched alkanes of at least 4 members (excludes halogenated alkanes) is 12. The second-order valence-electron chi connectivity index (χ2n) is 20.2. The molecule has 0 rings (SSSR count). The fourth-order valence-electron chi connectivity index (χ4n) is 6.42. The summed E-state index contributed by atoms with van der Waals surface area (Å²) in [6, 6.07) is 0. The van der Waals surface area contributed by atoms with E-state index in [0.717, 1.165) is 0 Å². The first-order valence-electron chi connectivity index (χ1n) is 26.8. The lowest BCUT2D eigenvalue weighted by atomic mass is 9.88. The maximum atomic E-state index is 12.9. The molecular weight excluding hydrogens is 1180 g/mol. The van der Waals surface area contributed by atoms with Crippen LogP contribution in [-0.2, 0) is 85.8 Å². The average Bonchev–Trinajstić information content (AvgIpc) is 3.34. The minimum Gasteiger partial charge on any atom is -0.466 e. The number of alkyl halides is 3. The van der Waals surface area contributed by atoms with Gasteiger partial charge >= 0.3 is 53.7 Å². The molecule has 75 heavy (non-hydrogen) atoms. The topological polar surface area (TPSA) is 237 Å². The highest BCUT2D eigenvalue weighted by molar-refractivity contribution is 9.10. The van der Waals surface area contributed by atoms with E-state index in [4.69, 9.17) is 42.6 Å². The summed E-state index contributed by atoms with van der Waals surface area (Å²) in [6.45, 7) is 13.2. The van der Waals surface area contributed by atoms with Crippen molar-refractivity contribution in [2.24, 2.45) is 5.41 Å². The van der Waals surface area contributed by atoms with Gasteiger partial charge in [-0.15, -0.1) is 0 Å². The monoisotopic (exact) mass is 1260 g/mol. The minimum absolute atomic E-state index is 0.110. The third-order valence-corrected chi connectivity index (χ3v) is 12.4. The summed E-state index contributed by atoms with van der Waals surface area (Å²) in [4.78, 5) is 110. The van der Waals surface area contributed by atoms with Gasteiger partial charge in [0.2, 0.25) is 0 Å². The van der Waals surface area contributed by atoms with Gasteiger partial charge in [0.05, 0.1) is 45.1 Å². The van der Waals surface area contributed by atoms with E-state index >= 15 is 0 Å². The van der Waals surface area contributed by atoms with Crippen LogP contribution in [0.4, 0.5) is 0 Å². The molecule has 0 aliphatic rings. The molecule has 0 aromatic rings. The van der Waals surface area contributed by atoms with Gasteiger partial charge in [0.1, 0.15) is 32.8 Å². The minimum atomic E-state index is -1.00. The van der Waals surface area contributed by atoms with Gasteiger partial charge in [0.25, 0.3) is 0 Å². The van der Waals surface area contributed by atoms with Crippen LogP contribution in [0.15, 0.2) is 0 Å². The Balaban J connectivity index is 4.83. The molecule has 0 fully saturated rings. The quantitative estimate of drug-likeness (QED) is 0.0238. The van der Waals surface area contributed by atoms with Crippen molar-refractivity contribution >= 4 is 102 Å². The van der Waals surface area contributed by atoms with Crippen LogP contribution in [0.25, 0.3) is 0 Å². The van der Waals surface area contributed by atoms with Crippen LogP contribution in [-0.4, -0.2) is 126 Å². The van der Waals surface area contributed by atoms with E-state index < -0.39 is 36.3 Å². The zero-order chi connectivity index (χ0) is 56.6. The number of halogens is 3. The molecule has 0 radical (unpaired) electrons. The molecule has 0 heterocycles. The molecule has 18 nitrogen and oxygen atoms in total. The largest absolute Gasteiger partial charge is 0.466 e. The maximum Gasteiger partial charge on any atom is 0.322 e. The summed E-state index contributed by atoms with van der Waals surface area (Å²) in [6.07, 6.45) is 12.4. The van der Waals surface area contributed by atoms with Crippen LogP contribution in [0.1, 0.15) is 209 Å². The van der Waals surface area contributed by atoms with E-state index in [-0.39, 0.29) is 134 Å². The number of carbonyl (C=O) groups excluding carboxylic acids is 9. The smallest absolute Gasteiger partial charge is 0.322 e. The van der Waals surface area contributed by atoms with Gasteiger partial charge in [-0.05, 0) is 164 Å². The van der Waals surface area contributed by atoms with Crippen LogP contribution < -0.4 is 0 Å². The summed E-state index contributed by atoms with van der Waals surface area (Å²) < 4.78 is 46.3. The van der Waals surface area contributed by atoms with Crippen molar-refractivity contribution < 1.29 is 85.8 Å². The number of carbonyl (C=O) groups is 9. The summed E-state index contributed by atoms with van der Waals surface area (Å²) in [7, 11) is 0. The lowest BCUT2D eigenvalue weighted by molar-refractivity contribution is -0.163. The van der Waals surface area contributed by atoms with Crippen LogP contribution in [0, 0.1) is 5.41 Å². The highest BCUT2D eigenvalue weighted by Crippen LogP contribution is 2.26. The predicted octanol–water partition coefficient (Wildman–Crippen LogP) is 11.2. The summed E-state index contributed by atoms with van der Waals surface area (Å²) in [5.74, 6) is -3.34. The Morgan fingerprint density at radius 1 is 0.280 bits per heavy atom. The Bertz CT molecular complexity index is 1500. The van der Waals surface area contributed by atoms with Crippen LogP contribution in [0.5, 0.6) is 0 Å².